The van der Waals surface area contributed by atoms with Crippen molar-refractivity contribution in [3.63, 3.8) is 0 Å². The van der Waals surface area contributed by atoms with Gasteiger partial charge in [-0.2, -0.15) is 0 Å². The monoisotopic (exact) mass is 312 g/mol. The molecule has 6 nitrogen and oxygen atoms in total. The topological polar surface area (TPSA) is 75.6 Å². The highest BCUT2D eigenvalue weighted by atomic mass is 32.1. The van der Waals surface area contributed by atoms with Crippen LogP contribution >= 0.6 is 22.7 Å². The number of nitrogens with zero attached hydrogens (tertiary/aromatic N) is 4. The van der Waals surface area contributed by atoms with Gasteiger partial charge < -0.3 is 10.6 Å². The molecular formula is C12H20N6S2. The first-order valence-corrected chi connectivity index (χ1v) is 8.70. The second-order valence-electron chi connectivity index (χ2n) is 4.53. The van der Waals surface area contributed by atoms with Crippen molar-refractivity contribution in [2.24, 2.45) is 0 Å². The molecule has 0 aliphatic carbocycles. The summed E-state index contributed by atoms with van der Waals surface area (Å²) in [6.07, 6.45) is 7.50. The molecule has 20 heavy (non-hydrogen) atoms. The van der Waals surface area contributed by atoms with Crippen molar-refractivity contribution < 1.29 is 0 Å². The molecule has 2 aromatic heterocycles. The fourth-order valence-corrected chi connectivity index (χ4v) is 2.90. The molecule has 8 heteroatoms. The molecule has 2 rings (SSSR count). The van der Waals surface area contributed by atoms with Crippen LogP contribution in [0.2, 0.25) is 0 Å². The van der Waals surface area contributed by atoms with Gasteiger partial charge in [0.1, 0.15) is 17.2 Å². The van der Waals surface area contributed by atoms with Crippen LogP contribution in [0.3, 0.4) is 0 Å². The Morgan fingerprint density at radius 3 is 2.05 bits per heavy atom. The van der Waals surface area contributed by atoms with Crippen molar-refractivity contribution in [1.82, 2.24) is 20.4 Å². The molecule has 0 aliphatic heterocycles. The largest absolute Gasteiger partial charge is 0.340 e. The molecular weight excluding hydrogens is 292 g/mol. The average Bonchev–Trinajstić information content (AvgIpc) is 3.12. The van der Waals surface area contributed by atoms with Gasteiger partial charge in [-0.05, 0) is 12.8 Å². The van der Waals surface area contributed by atoms with Gasteiger partial charge in [-0.3, -0.25) is 0 Å². The smallest absolute Gasteiger partial charge is 0.207 e. The lowest BCUT2D eigenvalue weighted by atomic mass is 10.1. The summed E-state index contributed by atoms with van der Waals surface area (Å²) in [7, 11) is 0. The molecule has 0 unspecified atom stereocenters. The zero-order valence-corrected chi connectivity index (χ0v) is 13.2. The summed E-state index contributed by atoms with van der Waals surface area (Å²) in [5.41, 5.74) is 3.46. The molecule has 0 aromatic carbocycles. The quantitative estimate of drug-likeness (QED) is 0.516. The third-order valence-corrected chi connectivity index (χ3v) is 4.16. The highest BCUT2D eigenvalue weighted by molar-refractivity contribution is 7.13. The van der Waals surface area contributed by atoms with Gasteiger partial charge in [-0.1, -0.05) is 55.3 Å². The number of aromatic nitrogens is 4. The van der Waals surface area contributed by atoms with Gasteiger partial charge in [-0.25, -0.2) is 0 Å². The van der Waals surface area contributed by atoms with Crippen LogP contribution in [0.4, 0.5) is 10.3 Å². The van der Waals surface area contributed by atoms with Gasteiger partial charge in [-0.15, -0.1) is 20.4 Å². The van der Waals surface area contributed by atoms with Crippen molar-refractivity contribution in [2.75, 3.05) is 10.6 Å². The Hall–Kier alpha value is -1.28. The van der Waals surface area contributed by atoms with Crippen LogP contribution in [-0.2, 0) is 0 Å². The van der Waals surface area contributed by atoms with E-state index in [9.17, 15) is 0 Å². The highest BCUT2D eigenvalue weighted by Gasteiger charge is 2.11. The molecule has 0 spiro atoms. The van der Waals surface area contributed by atoms with E-state index in [0.717, 1.165) is 16.7 Å². The first-order valence-electron chi connectivity index (χ1n) is 6.94. The third-order valence-electron chi connectivity index (χ3n) is 2.91. The van der Waals surface area contributed by atoms with E-state index in [1.54, 1.807) is 11.0 Å². The summed E-state index contributed by atoms with van der Waals surface area (Å²) in [4.78, 5) is 0. The Labute approximate surface area is 127 Å². The number of rotatable bonds is 10. The van der Waals surface area contributed by atoms with Gasteiger partial charge in [0.05, 0.1) is 0 Å². The molecule has 0 bridgehead atoms. The fraction of sp³-hybridized carbons (Fsp3) is 0.667. The van der Waals surface area contributed by atoms with Gasteiger partial charge in [0.25, 0.3) is 0 Å². The van der Waals surface area contributed by atoms with Crippen LogP contribution in [0.25, 0.3) is 0 Å². The summed E-state index contributed by atoms with van der Waals surface area (Å²) in [6, 6.07) is 0. The van der Waals surface area contributed by atoms with Crippen molar-refractivity contribution >= 4 is 32.9 Å². The standard InChI is InChI=1S/C12H20N6S2/c1-2-3-4-5-6-7-10(15-11-17-13-8-19-11)16-12-18-14-9-20-12/h8-10H,2-7H2,1H3,(H,15,17)(H,16,18). The van der Waals surface area contributed by atoms with Gasteiger partial charge in [0.2, 0.25) is 10.3 Å². The minimum absolute atomic E-state index is 0.123. The summed E-state index contributed by atoms with van der Waals surface area (Å²) in [6.45, 7) is 2.23. The summed E-state index contributed by atoms with van der Waals surface area (Å²) in [5, 5.41) is 24.1. The van der Waals surface area contributed by atoms with Gasteiger partial charge >= 0.3 is 0 Å². The second-order valence-corrected chi connectivity index (χ2v) is 6.20. The molecule has 2 N–H and O–H groups in total. The van der Waals surface area contributed by atoms with E-state index in [2.05, 4.69) is 38.0 Å². The SMILES string of the molecule is CCCCCCCC(Nc1nncs1)Nc1nncs1. The van der Waals surface area contributed by atoms with Crippen molar-refractivity contribution in [1.29, 1.82) is 0 Å². The van der Waals surface area contributed by atoms with E-state index in [-0.39, 0.29) is 6.17 Å². The summed E-state index contributed by atoms with van der Waals surface area (Å²) >= 11 is 3.01. The van der Waals surface area contributed by atoms with Crippen LogP contribution in [0, 0.1) is 0 Å². The minimum Gasteiger partial charge on any atom is -0.340 e. The Balaban J connectivity index is 1.80. The Kier molecular flexibility index (Phi) is 6.65. The first kappa shape index (κ1) is 15.1. The van der Waals surface area contributed by atoms with E-state index in [1.165, 1.54) is 54.8 Å². The molecule has 0 saturated heterocycles. The van der Waals surface area contributed by atoms with Crippen LogP contribution in [0.5, 0.6) is 0 Å². The van der Waals surface area contributed by atoms with Gasteiger partial charge in [0, 0.05) is 0 Å². The van der Waals surface area contributed by atoms with E-state index < -0.39 is 0 Å². The molecule has 2 heterocycles. The average molecular weight is 312 g/mol. The maximum absolute atomic E-state index is 4.03. The maximum Gasteiger partial charge on any atom is 0.207 e. The van der Waals surface area contributed by atoms with Gasteiger partial charge in [0.15, 0.2) is 0 Å². The fourth-order valence-electron chi connectivity index (χ4n) is 1.90. The van der Waals surface area contributed by atoms with E-state index in [4.69, 9.17) is 0 Å². The molecule has 0 fully saturated rings. The van der Waals surface area contributed by atoms with E-state index in [1.807, 2.05) is 0 Å². The van der Waals surface area contributed by atoms with Crippen LogP contribution < -0.4 is 10.6 Å². The van der Waals surface area contributed by atoms with Crippen LogP contribution in [0.15, 0.2) is 11.0 Å². The van der Waals surface area contributed by atoms with Crippen molar-refractivity contribution in [3.8, 4) is 0 Å². The second kappa shape index (κ2) is 8.80. The highest BCUT2D eigenvalue weighted by Crippen LogP contribution is 2.17. The normalized spacial score (nSPS) is 10.9. The lowest BCUT2D eigenvalue weighted by molar-refractivity contribution is 0.582. The van der Waals surface area contributed by atoms with Crippen molar-refractivity contribution in [2.45, 2.75) is 51.6 Å². The zero-order valence-electron chi connectivity index (χ0n) is 11.6. The summed E-state index contributed by atoms with van der Waals surface area (Å²) < 4.78 is 0. The predicted octanol–water partition coefficient (Wildman–Crippen LogP) is 3.60. The molecule has 0 atom stereocenters. The maximum atomic E-state index is 4.03. The lowest BCUT2D eigenvalue weighted by Crippen LogP contribution is -2.28. The molecule has 0 aliphatic rings. The Bertz CT molecular complexity index is 408. The van der Waals surface area contributed by atoms with Crippen LogP contribution in [-0.4, -0.2) is 26.6 Å². The Morgan fingerprint density at radius 2 is 1.55 bits per heavy atom. The molecule has 110 valence electrons. The first-order chi connectivity index (χ1) is 9.88. The predicted molar refractivity (Wildman–Crippen MR) is 84.2 cm³/mol. The number of unbranched alkanes of at least 4 members (excludes halogenated alkanes) is 4. The third kappa shape index (κ3) is 5.38. The number of nitrogens with one attached hydrogen (secondary N) is 2. The number of hydrogen-bond donors (Lipinski definition) is 2. The number of hydrogen-bond acceptors (Lipinski definition) is 8. The minimum atomic E-state index is 0.123. The van der Waals surface area contributed by atoms with E-state index >= 15 is 0 Å². The lowest BCUT2D eigenvalue weighted by Gasteiger charge is -2.18. The van der Waals surface area contributed by atoms with Crippen molar-refractivity contribution in [3.05, 3.63) is 11.0 Å². The molecule has 0 radical (unpaired) electrons. The molecule has 0 saturated carbocycles. The summed E-state index contributed by atoms with van der Waals surface area (Å²) in [5.74, 6) is 0. The zero-order chi connectivity index (χ0) is 14.0. The van der Waals surface area contributed by atoms with Crippen LogP contribution in [0.1, 0.15) is 45.4 Å². The molecule has 0 amide bonds. The molecule has 2 aromatic rings. The van der Waals surface area contributed by atoms with E-state index in [0.29, 0.717) is 0 Å². The number of anilines is 2. The Morgan fingerprint density at radius 1 is 0.950 bits per heavy atom.